The number of halogens is 3. The molecule has 0 radical (unpaired) electrons. The second-order valence-electron chi connectivity index (χ2n) is 7.08. The molecular formula is C20H18F3N3OS3. The molecule has 3 aromatic rings. The normalized spacial score (nSPS) is 16.0. The minimum absolute atomic E-state index is 0.0436. The van der Waals surface area contributed by atoms with Crippen molar-refractivity contribution in [1.82, 2.24) is 10.2 Å². The SMILES string of the molecule is O=C(Nc1nnc(SCc2ccc(C(F)(F)F)cc2)s1)C1(c2cccs2)CCCC1. The van der Waals surface area contributed by atoms with E-state index in [4.69, 9.17) is 0 Å². The Morgan fingerprint density at radius 3 is 2.50 bits per heavy atom. The molecule has 2 heterocycles. The fourth-order valence-corrected chi connectivity index (χ4v) is 6.27. The summed E-state index contributed by atoms with van der Waals surface area (Å²) in [5.74, 6) is 0.428. The molecule has 1 aliphatic rings. The average molecular weight is 470 g/mol. The number of nitrogens with one attached hydrogen (secondary N) is 1. The maximum atomic E-state index is 13.1. The van der Waals surface area contributed by atoms with Crippen molar-refractivity contribution in [3.8, 4) is 0 Å². The molecule has 0 unspecified atom stereocenters. The molecule has 1 N–H and O–H groups in total. The van der Waals surface area contributed by atoms with Crippen LogP contribution in [0.25, 0.3) is 0 Å². The number of aromatic nitrogens is 2. The van der Waals surface area contributed by atoms with Crippen molar-refractivity contribution in [3.63, 3.8) is 0 Å². The van der Waals surface area contributed by atoms with E-state index in [-0.39, 0.29) is 5.91 Å². The topological polar surface area (TPSA) is 54.9 Å². The van der Waals surface area contributed by atoms with Gasteiger partial charge in [-0.3, -0.25) is 10.1 Å². The number of hydrogen-bond acceptors (Lipinski definition) is 6. The molecule has 158 valence electrons. The molecule has 1 saturated carbocycles. The zero-order chi connectivity index (χ0) is 21.2. The van der Waals surface area contributed by atoms with Gasteiger partial charge in [0.1, 0.15) is 0 Å². The highest BCUT2D eigenvalue weighted by Gasteiger charge is 2.43. The van der Waals surface area contributed by atoms with E-state index in [0.29, 0.717) is 15.2 Å². The van der Waals surface area contributed by atoms with Gasteiger partial charge in [-0.05, 0) is 42.0 Å². The van der Waals surface area contributed by atoms with Gasteiger partial charge in [-0.25, -0.2) is 0 Å². The van der Waals surface area contributed by atoms with Crippen LogP contribution >= 0.6 is 34.4 Å². The Morgan fingerprint density at radius 1 is 1.13 bits per heavy atom. The van der Waals surface area contributed by atoms with Crippen molar-refractivity contribution in [2.24, 2.45) is 0 Å². The van der Waals surface area contributed by atoms with Crippen molar-refractivity contribution in [1.29, 1.82) is 0 Å². The van der Waals surface area contributed by atoms with Gasteiger partial charge < -0.3 is 0 Å². The molecule has 0 aliphatic heterocycles. The van der Waals surface area contributed by atoms with Gasteiger partial charge in [0, 0.05) is 10.6 Å². The molecule has 1 aromatic carbocycles. The van der Waals surface area contributed by atoms with Crippen LogP contribution in [0, 0.1) is 0 Å². The zero-order valence-corrected chi connectivity index (χ0v) is 18.2. The van der Waals surface area contributed by atoms with E-state index >= 15 is 0 Å². The minimum atomic E-state index is -4.34. The number of amides is 1. The van der Waals surface area contributed by atoms with Gasteiger partial charge in [0.15, 0.2) is 4.34 Å². The van der Waals surface area contributed by atoms with E-state index in [1.165, 1.54) is 35.2 Å². The quantitative estimate of drug-likeness (QED) is 0.337. The van der Waals surface area contributed by atoms with Crippen LogP contribution in [-0.4, -0.2) is 16.1 Å². The van der Waals surface area contributed by atoms with Gasteiger partial charge >= 0.3 is 6.18 Å². The molecule has 30 heavy (non-hydrogen) atoms. The molecule has 1 amide bonds. The van der Waals surface area contributed by atoms with Gasteiger partial charge in [0.2, 0.25) is 11.0 Å². The standard InChI is InChI=1S/C20H18F3N3OS3/c21-20(22,23)14-7-5-13(6-8-14)12-29-18-26-25-17(30-18)24-16(27)19(9-1-2-10-19)15-4-3-11-28-15/h3-8,11H,1-2,9-10,12H2,(H,24,25,27). The monoisotopic (exact) mass is 469 g/mol. The number of rotatable bonds is 6. The molecule has 2 aromatic heterocycles. The van der Waals surface area contributed by atoms with Gasteiger partial charge in [-0.2, -0.15) is 13.2 Å². The zero-order valence-electron chi connectivity index (χ0n) is 15.7. The number of benzene rings is 1. The minimum Gasteiger partial charge on any atom is -0.300 e. The Hall–Kier alpha value is -1.91. The van der Waals surface area contributed by atoms with Crippen LogP contribution in [0.1, 0.15) is 41.7 Å². The summed E-state index contributed by atoms with van der Waals surface area (Å²) in [6.45, 7) is 0. The lowest BCUT2D eigenvalue weighted by Gasteiger charge is -2.25. The molecule has 0 spiro atoms. The molecule has 0 saturated heterocycles. The predicted octanol–water partition coefficient (Wildman–Crippen LogP) is 6.36. The summed E-state index contributed by atoms with van der Waals surface area (Å²) in [5.41, 5.74) is -0.395. The third-order valence-corrected chi connectivity index (χ3v) is 8.27. The molecule has 4 nitrogen and oxygen atoms in total. The fraction of sp³-hybridized carbons (Fsp3) is 0.350. The molecule has 1 fully saturated rings. The summed E-state index contributed by atoms with van der Waals surface area (Å²) < 4.78 is 38.6. The number of hydrogen-bond donors (Lipinski definition) is 1. The maximum absolute atomic E-state index is 13.1. The van der Waals surface area contributed by atoms with Crippen LogP contribution in [0.4, 0.5) is 18.3 Å². The Labute approximate surface area is 183 Å². The summed E-state index contributed by atoms with van der Waals surface area (Å²) in [7, 11) is 0. The van der Waals surface area contributed by atoms with E-state index in [0.717, 1.165) is 48.3 Å². The molecular weight excluding hydrogens is 451 g/mol. The Morgan fingerprint density at radius 2 is 1.87 bits per heavy atom. The van der Waals surface area contributed by atoms with Crippen molar-refractivity contribution >= 4 is 45.5 Å². The first-order valence-corrected chi connectivity index (χ1v) is 12.0. The first-order valence-electron chi connectivity index (χ1n) is 9.35. The number of nitrogens with zero attached hydrogens (tertiary/aromatic N) is 2. The van der Waals surface area contributed by atoms with Crippen LogP contribution in [0.5, 0.6) is 0 Å². The highest BCUT2D eigenvalue weighted by atomic mass is 32.2. The average Bonchev–Trinajstić information content (AvgIpc) is 3.47. The Bertz CT molecular complexity index is 994. The second kappa shape index (κ2) is 8.68. The van der Waals surface area contributed by atoms with E-state index < -0.39 is 17.2 Å². The number of thioether (sulfide) groups is 1. The first kappa shape index (κ1) is 21.3. The van der Waals surface area contributed by atoms with Crippen molar-refractivity contribution in [2.45, 2.75) is 47.4 Å². The lowest BCUT2D eigenvalue weighted by Crippen LogP contribution is -2.37. The molecule has 0 bridgehead atoms. The molecule has 10 heteroatoms. The highest BCUT2D eigenvalue weighted by Crippen LogP contribution is 2.44. The fourth-order valence-electron chi connectivity index (χ4n) is 3.59. The van der Waals surface area contributed by atoms with Gasteiger partial charge in [-0.1, -0.05) is 54.1 Å². The number of carbonyl (C=O) groups is 1. The lowest BCUT2D eigenvalue weighted by molar-refractivity contribution is -0.137. The number of anilines is 1. The van der Waals surface area contributed by atoms with Crippen molar-refractivity contribution in [3.05, 3.63) is 57.8 Å². The number of alkyl halides is 3. The van der Waals surface area contributed by atoms with E-state index in [9.17, 15) is 18.0 Å². The van der Waals surface area contributed by atoms with Crippen LogP contribution < -0.4 is 5.32 Å². The van der Waals surface area contributed by atoms with Gasteiger partial charge in [0.25, 0.3) is 0 Å². The summed E-state index contributed by atoms with van der Waals surface area (Å²) >= 11 is 4.26. The van der Waals surface area contributed by atoms with E-state index in [2.05, 4.69) is 15.5 Å². The summed E-state index contributed by atoms with van der Waals surface area (Å²) in [6.07, 6.45) is -0.634. The Balaban J connectivity index is 1.38. The van der Waals surface area contributed by atoms with Crippen molar-refractivity contribution in [2.75, 3.05) is 5.32 Å². The smallest absolute Gasteiger partial charge is 0.300 e. The molecule has 0 atom stereocenters. The largest absolute Gasteiger partial charge is 0.416 e. The van der Waals surface area contributed by atoms with Crippen LogP contribution in [0.15, 0.2) is 46.1 Å². The number of carbonyl (C=O) groups excluding carboxylic acids is 1. The number of thiophene rings is 1. The first-order chi connectivity index (χ1) is 14.4. The summed E-state index contributed by atoms with van der Waals surface area (Å²) in [4.78, 5) is 14.2. The van der Waals surface area contributed by atoms with E-state index in [1.807, 2.05) is 17.5 Å². The predicted molar refractivity (Wildman–Crippen MR) is 114 cm³/mol. The third kappa shape index (κ3) is 4.55. The third-order valence-electron chi connectivity index (χ3n) is 5.16. The Kier molecular flexibility index (Phi) is 6.17. The summed E-state index contributed by atoms with van der Waals surface area (Å²) in [5, 5.41) is 13.5. The van der Waals surface area contributed by atoms with Crippen LogP contribution in [0.3, 0.4) is 0 Å². The van der Waals surface area contributed by atoms with Crippen LogP contribution in [-0.2, 0) is 22.1 Å². The highest BCUT2D eigenvalue weighted by molar-refractivity contribution is 8.00. The maximum Gasteiger partial charge on any atom is 0.416 e. The van der Waals surface area contributed by atoms with Crippen LogP contribution in [0.2, 0.25) is 0 Å². The van der Waals surface area contributed by atoms with Gasteiger partial charge in [0.05, 0.1) is 11.0 Å². The lowest BCUT2D eigenvalue weighted by atomic mass is 9.83. The van der Waals surface area contributed by atoms with Crippen molar-refractivity contribution < 1.29 is 18.0 Å². The molecule has 1 aliphatic carbocycles. The van der Waals surface area contributed by atoms with E-state index in [1.54, 1.807) is 11.3 Å². The second-order valence-corrected chi connectivity index (χ2v) is 10.2. The molecule has 4 rings (SSSR count). The summed E-state index contributed by atoms with van der Waals surface area (Å²) in [6, 6.07) is 9.06. The van der Waals surface area contributed by atoms with Gasteiger partial charge in [-0.15, -0.1) is 21.5 Å².